The van der Waals surface area contributed by atoms with Crippen LogP contribution in [0.25, 0.3) is 0 Å². The van der Waals surface area contributed by atoms with Crippen LogP contribution < -0.4 is 5.32 Å². The Morgan fingerprint density at radius 3 is 2.50 bits per heavy atom. The minimum atomic E-state index is 0.0245. The summed E-state index contributed by atoms with van der Waals surface area (Å²) in [5.41, 5.74) is 0. The van der Waals surface area contributed by atoms with E-state index in [9.17, 15) is 4.79 Å². The molecule has 3 nitrogen and oxygen atoms in total. The van der Waals surface area contributed by atoms with Crippen molar-refractivity contribution in [1.29, 1.82) is 0 Å². The zero-order valence-corrected chi connectivity index (χ0v) is 14.2. The molecule has 1 heterocycles. The number of hydrogen-bond donors (Lipinski definition) is 1. The van der Waals surface area contributed by atoms with Gasteiger partial charge in [-0.1, -0.05) is 33.6 Å². The fourth-order valence-corrected chi connectivity index (χ4v) is 4.52. The van der Waals surface area contributed by atoms with Crippen molar-refractivity contribution in [3.05, 3.63) is 0 Å². The highest BCUT2D eigenvalue weighted by atomic mass is 32.2. The molecule has 1 saturated heterocycles. The number of nitrogens with zero attached hydrogens (tertiary/aromatic N) is 1. The maximum Gasteiger partial charge on any atom is 0.241 e. The van der Waals surface area contributed by atoms with Crippen LogP contribution in [0.4, 0.5) is 0 Å². The zero-order valence-electron chi connectivity index (χ0n) is 13.4. The van der Waals surface area contributed by atoms with Gasteiger partial charge in [-0.3, -0.25) is 10.1 Å². The molecule has 1 saturated carbocycles. The molecule has 0 aromatic carbocycles. The van der Waals surface area contributed by atoms with Gasteiger partial charge in [0, 0.05) is 11.8 Å². The molecule has 116 valence electrons. The third-order valence-corrected chi connectivity index (χ3v) is 5.63. The van der Waals surface area contributed by atoms with Gasteiger partial charge in [0.1, 0.15) is 0 Å². The molecule has 0 aromatic heterocycles. The molecule has 0 bridgehead atoms. The molecule has 20 heavy (non-hydrogen) atoms. The van der Waals surface area contributed by atoms with Crippen molar-refractivity contribution in [2.75, 3.05) is 12.0 Å². The third-order valence-electron chi connectivity index (χ3n) is 4.91. The van der Waals surface area contributed by atoms with E-state index in [2.05, 4.69) is 37.2 Å². The number of amides is 1. The predicted molar refractivity (Wildman–Crippen MR) is 86.8 cm³/mol. The second-order valence-corrected chi connectivity index (χ2v) is 7.55. The number of rotatable bonds is 6. The molecule has 3 unspecified atom stereocenters. The lowest BCUT2D eigenvalue weighted by Crippen LogP contribution is -2.48. The smallest absolute Gasteiger partial charge is 0.241 e. The Morgan fingerprint density at radius 1 is 1.35 bits per heavy atom. The highest BCUT2D eigenvalue weighted by molar-refractivity contribution is 7.98. The first-order chi connectivity index (χ1) is 9.60. The van der Waals surface area contributed by atoms with Gasteiger partial charge in [0.15, 0.2) is 0 Å². The Balaban J connectivity index is 2.19. The van der Waals surface area contributed by atoms with Crippen molar-refractivity contribution in [3.63, 3.8) is 0 Å². The molecule has 4 heteroatoms. The molecule has 2 fully saturated rings. The maximum atomic E-state index is 12.8. The largest absolute Gasteiger partial charge is 0.322 e. The Morgan fingerprint density at radius 2 is 2.00 bits per heavy atom. The predicted octanol–water partition coefficient (Wildman–Crippen LogP) is 3.10. The number of thioether (sulfide) groups is 1. The van der Waals surface area contributed by atoms with Crippen LogP contribution >= 0.6 is 11.8 Å². The van der Waals surface area contributed by atoms with Crippen LogP contribution in [0.15, 0.2) is 0 Å². The monoisotopic (exact) mass is 298 g/mol. The van der Waals surface area contributed by atoms with Gasteiger partial charge in [-0.2, -0.15) is 11.8 Å². The van der Waals surface area contributed by atoms with Gasteiger partial charge in [-0.25, -0.2) is 0 Å². The van der Waals surface area contributed by atoms with E-state index >= 15 is 0 Å². The molecule has 0 radical (unpaired) electrons. The number of hydrogen-bond acceptors (Lipinski definition) is 3. The number of nitrogens with one attached hydrogen (secondary N) is 1. The fraction of sp³-hybridized carbons (Fsp3) is 0.938. The Kier molecular flexibility index (Phi) is 5.79. The van der Waals surface area contributed by atoms with Crippen molar-refractivity contribution < 1.29 is 4.79 Å². The summed E-state index contributed by atoms with van der Waals surface area (Å²) in [6.45, 7) is 6.52. The summed E-state index contributed by atoms with van der Waals surface area (Å²) >= 11 is 1.86. The molecule has 2 aliphatic rings. The molecule has 1 amide bonds. The second kappa shape index (κ2) is 7.17. The summed E-state index contributed by atoms with van der Waals surface area (Å²) in [4.78, 5) is 15.1. The van der Waals surface area contributed by atoms with Crippen LogP contribution in [0, 0.1) is 11.8 Å². The van der Waals surface area contributed by atoms with Crippen LogP contribution in [0.3, 0.4) is 0 Å². The summed E-state index contributed by atoms with van der Waals surface area (Å²) in [6, 6.07) is 0.413. The van der Waals surface area contributed by atoms with Crippen LogP contribution in [-0.2, 0) is 4.79 Å². The van der Waals surface area contributed by atoms with E-state index < -0.39 is 0 Å². The van der Waals surface area contributed by atoms with Gasteiger partial charge in [0.2, 0.25) is 5.91 Å². The lowest BCUT2D eigenvalue weighted by molar-refractivity contribution is -0.133. The summed E-state index contributed by atoms with van der Waals surface area (Å²) in [5.74, 6) is 2.44. The number of carbonyl (C=O) groups excluding carboxylic acids is 1. The standard InChI is InChI=1S/C16H30N2OS/c1-5-13(10-20-4)18-15(12-8-6-7-9-12)17-14(11(2)3)16(18)19/h11-15,17H,5-10H2,1-4H3. The minimum Gasteiger partial charge on any atom is -0.322 e. The van der Waals surface area contributed by atoms with Crippen molar-refractivity contribution in [1.82, 2.24) is 10.2 Å². The summed E-state index contributed by atoms with van der Waals surface area (Å²) in [7, 11) is 0. The van der Waals surface area contributed by atoms with E-state index in [1.54, 1.807) is 0 Å². The van der Waals surface area contributed by atoms with Gasteiger partial charge < -0.3 is 4.90 Å². The Hall–Kier alpha value is -0.220. The van der Waals surface area contributed by atoms with Crippen molar-refractivity contribution in [3.8, 4) is 0 Å². The highest BCUT2D eigenvalue weighted by Gasteiger charge is 2.46. The SMILES string of the molecule is CCC(CSC)N1C(=O)C(C(C)C)NC1C1CCCC1. The first-order valence-corrected chi connectivity index (χ1v) is 9.56. The fourth-order valence-electron chi connectivity index (χ4n) is 3.74. The van der Waals surface area contributed by atoms with Crippen LogP contribution in [0.1, 0.15) is 52.9 Å². The molecular formula is C16H30N2OS. The first kappa shape index (κ1) is 16.2. The van der Waals surface area contributed by atoms with E-state index in [-0.39, 0.29) is 12.2 Å². The van der Waals surface area contributed by atoms with Gasteiger partial charge in [0.05, 0.1) is 12.2 Å². The van der Waals surface area contributed by atoms with Crippen LogP contribution in [0.5, 0.6) is 0 Å². The molecule has 1 aliphatic carbocycles. The third kappa shape index (κ3) is 3.16. The first-order valence-electron chi connectivity index (χ1n) is 8.17. The van der Waals surface area contributed by atoms with Crippen molar-refractivity contribution >= 4 is 17.7 Å². The molecule has 0 aromatic rings. The maximum absolute atomic E-state index is 12.8. The minimum absolute atomic E-state index is 0.0245. The normalized spacial score (nSPS) is 29.6. The van der Waals surface area contributed by atoms with E-state index in [0.29, 0.717) is 23.8 Å². The lowest BCUT2D eigenvalue weighted by Gasteiger charge is -2.35. The van der Waals surface area contributed by atoms with Gasteiger partial charge >= 0.3 is 0 Å². The lowest BCUT2D eigenvalue weighted by atomic mass is 10.0. The molecular weight excluding hydrogens is 268 g/mol. The van der Waals surface area contributed by atoms with Gasteiger partial charge in [0.25, 0.3) is 0 Å². The molecule has 3 atom stereocenters. The van der Waals surface area contributed by atoms with Crippen molar-refractivity contribution in [2.45, 2.75) is 71.1 Å². The van der Waals surface area contributed by atoms with E-state index in [0.717, 1.165) is 12.2 Å². The van der Waals surface area contributed by atoms with Crippen molar-refractivity contribution in [2.24, 2.45) is 11.8 Å². The molecule has 0 spiro atoms. The molecule has 1 N–H and O–H groups in total. The van der Waals surface area contributed by atoms with E-state index in [1.807, 2.05) is 11.8 Å². The molecule has 2 rings (SSSR count). The average Bonchev–Trinajstić information content (AvgIpc) is 3.03. The zero-order chi connectivity index (χ0) is 14.7. The summed E-state index contributed by atoms with van der Waals surface area (Å²) in [6.07, 6.45) is 8.70. The Labute approximate surface area is 128 Å². The second-order valence-electron chi connectivity index (χ2n) is 6.64. The summed E-state index contributed by atoms with van der Waals surface area (Å²) in [5, 5.41) is 3.67. The topological polar surface area (TPSA) is 32.3 Å². The van der Waals surface area contributed by atoms with Crippen LogP contribution in [0.2, 0.25) is 0 Å². The van der Waals surface area contributed by atoms with Gasteiger partial charge in [-0.05, 0) is 37.4 Å². The van der Waals surface area contributed by atoms with E-state index in [4.69, 9.17) is 0 Å². The van der Waals surface area contributed by atoms with Crippen LogP contribution in [-0.4, -0.2) is 41.1 Å². The Bertz CT molecular complexity index is 328. The van der Waals surface area contributed by atoms with E-state index in [1.165, 1.54) is 25.7 Å². The van der Waals surface area contributed by atoms with Gasteiger partial charge in [-0.15, -0.1) is 0 Å². The highest BCUT2D eigenvalue weighted by Crippen LogP contribution is 2.34. The summed E-state index contributed by atoms with van der Waals surface area (Å²) < 4.78 is 0. The average molecular weight is 298 g/mol. The molecule has 1 aliphatic heterocycles. The quantitative estimate of drug-likeness (QED) is 0.818. The number of carbonyl (C=O) groups is 1.